The van der Waals surface area contributed by atoms with E-state index in [0.29, 0.717) is 12.8 Å². The molecule has 2 fully saturated rings. The number of likely N-dealkylation sites (N-methyl/N-ethyl adjacent to an activating group) is 2. The average Bonchev–Trinajstić information content (AvgIpc) is 3.09. The van der Waals surface area contributed by atoms with Gasteiger partial charge >= 0.3 is 5.69 Å². The first kappa shape index (κ1) is 14.9. The van der Waals surface area contributed by atoms with Crippen molar-refractivity contribution >= 4 is 11.9 Å². The molecule has 0 aliphatic carbocycles. The Hall–Kier alpha value is -2.00. The van der Waals surface area contributed by atoms with E-state index in [4.69, 9.17) is 9.84 Å². The summed E-state index contributed by atoms with van der Waals surface area (Å²) in [7, 11) is 3.87. The van der Waals surface area contributed by atoms with Crippen molar-refractivity contribution in [2.75, 3.05) is 33.8 Å². The Labute approximate surface area is 127 Å². The van der Waals surface area contributed by atoms with Gasteiger partial charge in [0.2, 0.25) is 5.96 Å². The van der Waals surface area contributed by atoms with Crippen LogP contribution >= 0.6 is 0 Å². The summed E-state index contributed by atoms with van der Waals surface area (Å²) in [6.07, 6.45) is 2.15. The number of hydrogen-bond acceptors (Lipinski definition) is 6. The molecule has 3 heterocycles. The van der Waals surface area contributed by atoms with Crippen molar-refractivity contribution in [1.29, 1.82) is 0 Å². The highest BCUT2D eigenvalue weighted by Gasteiger charge is 2.27. The molecule has 2 saturated heterocycles. The van der Waals surface area contributed by atoms with Crippen LogP contribution in [0.4, 0.5) is 5.95 Å². The summed E-state index contributed by atoms with van der Waals surface area (Å²) in [4.78, 5) is 28.5. The lowest BCUT2D eigenvalue weighted by molar-refractivity contribution is -0.0250. The van der Waals surface area contributed by atoms with Crippen LogP contribution < -0.4 is 5.69 Å². The van der Waals surface area contributed by atoms with Gasteiger partial charge in [0.15, 0.2) is 0 Å². The molecule has 0 saturated carbocycles. The van der Waals surface area contributed by atoms with Crippen molar-refractivity contribution in [3.8, 4) is 0 Å². The SMILES string of the molecule is CN1CCN(C)C1=Nc1ncn([C@H]2CC[C@@H](CO)O2)c(=O)n1. The van der Waals surface area contributed by atoms with Crippen molar-refractivity contribution < 1.29 is 9.84 Å². The lowest BCUT2D eigenvalue weighted by atomic mass is 10.2. The highest BCUT2D eigenvalue weighted by Crippen LogP contribution is 2.26. The topological polar surface area (TPSA) is 96.1 Å². The number of ether oxygens (including phenoxy) is 1. The predicted octanol–water partition coefficient (Wildman–Crippen LogP) is -0.827. The van der Waals surface area contributed by atoms with Crippen LogP contribution in [0, 0.1) is 0 Å². The summed E-state index contributed by atoms with van der Waals surface area (Å²) in [5, 5.41) is 9.08. The number of hydrogen-bond donors (Lipinski definition) is 1. The maximum absolute atomic E-state index is 12.1. The first-order valence-electron chi connectivity index (χ1n) is 7.31. The molecule has 1 N–H and O–H groups in total. The summed E-state index contributed by atoms with van der Waals surface area (Å²) >= 11 is 0. The minimum Gasteiger partial charge on any atom is -0.394 e. The van der Waals surface area contributed by atoms with Crippen LogP contribution in [0.1, 0.15) is 19.1 Å². The van der Waals surface area contributed by atoms with Crippen LogP contribution in [0.2, 0.25) is 0 Å². The number of aliphatic hydroxyl groups is 1. The van der Waals surface area contributed by atoms with Gasteiger partial charge in [-0.1, -0.05) is 0 Å². The van der Waals surface area contributed by atoms with Crippen molar-refractivity contribution in [2.45, 2.75) is 25.2 Å². The summed E-state index contributed by atoms with van der Waals surface area (Å²) < 4.78 is 6.91. The van der Waals surface area contributed by atoms with Crippen LogP contribution in [0.15, 0.2) is 16.1 Å². The van der Waals surface area contributed by atoms with Gasteiger partial charge in [-0.15, -0.1) is 0 Å². The van der Waals surface area contributed by atoms with E-state index >= 15 is 0 Å². The first-order valence-corrected chi connectivity index (χ1v) is 7.31. The molecular formula is C13H20N6O3. The number of aliphatic imine (C=N–C) groups is 1. The van der Waals surface area contributed by atoms with Gasteiger partial charge in [0.05, 0.1) is 12.7 Å². The molecule has 9 heteroatoms. The third-order valence-corrected chi connectivity index (χ3v) is 3.97. The van der Waals surface area contributed by atoms with Crippen LogP contribution in [-0.4, -0.2) is 75.3 Å². The third kappa shape index (κ3) is 2.81. The van der Waals surface area contributed by atoms with Gasteiger partial charge in [-0.3, -0.25) is 4.57 Å². The monoisotopic (exact) mass is 308 g/mol. The van der Waals surface area contributed by atoms with Gasteiger partial charge in [-0.05, 0) is 12.8 Å². The zero-order valence-corrected chi connectivity index (χ0v) is 12.7. The van der Waals surface area contributed by atoms with Crippen LogP contribution in [0.3, 0.4) is 0 Å². The molecule has 22 heavy (non-hydrogen) atoms. The van der Waals surface area contributed by atoms with Crippen LogP contribution in [0.5, 0.6) is 0 Å². The summed E-state index contributed by atoms with van der Waals surface area (Å²) in [6, 6.07) is 0. The quantitative estimate of drug-likeness (QED) is 0.778. The van der Waals surface area contributed by atoms with E-state index in [2.05, 4.69) is 15.0 Å². The van der Waals surface area contributed by atoms with E-state index in [9.17, 15) is 4.79 Å². The normalized spacial score (nSPS) is 25.1. The lowest BCUT2D eigenvalue weighted by Crippen LogP contribution is -2.30. The molecule has 3 rings (SSSR count). The van der Waals surface area contributed by atoms with Crippen LogP contribution in [-0.2, 0) is 4.74 Å². The van der Waals surface area contributed by atoms with Gasteiger partial charge in [-0.25, -0.2) is 9.78 Å². The van der Waals surface area contributed by atoms with E-state index in [1.807, 2.05) is 23.9 Å². The number of aromatic nitrogens is 3. The van der Waals surface area contributed by atoms with Crippen molar-refractivity contribution in [3.63, 3.8) is 0 Å². The highest BCUT2D eigenvalue weighted by molar-refractivity contribution is 5.83. The highest BCUT2D eigenvalue weighted by atomic mass is 16.5. The molecule has 9 nitrogen and oxygen atoms in total. The molecular weight excluding hydrogens is 288 g/mol. The molecule has 120 valence electrons. The van der Waals surface area contributed by atoms with E-state index in [-0.39, 0.29) is 18.7 Å². The van der Waals surface area contributed by atoms with Crippen molar-refractivity contribution in [1.82, 2.24) is 24.3 Å². The number of rotatable bonds is 3. The lowest BCUT2D eigenvalue weighted by Gasteiger charge is -2.16. The Kier molecular flexibility index (Phi) is 4.08. The Morgan fingerprint density at radius 3 is 2.68 bits per heavy atom. The van der Waals surface area contributed by atoms with Gasteiger partial charge in [0.25, 0.3) is 5.95 Å². The predicted molar refractivity (Wildman–Crippen MR) is 78.9 cm³/mol. The number of aliphatic hydroxyl groups excluding tert-OH is 1. The maximum atomic E-state index is 12.1. The average molecular weight is 308 g/mol. The van der Waals surface area contributed by atoms with Crippen LogP contribution in [0.25, 0.3) is 0 Å². The minimum atomic E-state index is -0.443. The molecule has 1 aromatic heterocycles. The van der Waals surface area contributed by atoms with E-state index < -0.39 is 11.9 Å². The minimum absolute atomic E-state index is 0.0451. The fraction of sp³-hybridized carbons (Fsp3) is 0.692. The van der Waals surface area contributed by atoms with Gasteiger partial charge < -0.3 is 19.6 Å². The largest absolute Gasteiger partial charge is 0.394 e. The Morgan fingerprint density at radius 1 is 1.36 bits per heavy atom. The smallest absolute Gasteiger partial charge is 0.354 e. The van der Waals surface area contributed by atoms with Gasteiger partial charge in [-0.2, -0.15) is 9.98 Å². The van der Waals surface area contributed by atoms with Crippen molar-refractivity contribution in [3.05, 3.63) is 16.8 Å². The zero-order valence-electron chi connectivity index (χ0n) is 12.7. The molecule has 2 aliphatic rings. The molecule has 2 atom stereocenters. The molecule has 0 radical (unpaired) electrons. The van der Waals surface area contributed by atoms with Crippen molar-refractivity contribution in [2.24, 2.45) is 4.99 Å². The molecule has 0 unspecified atom stereocenters. The second-order valence-electron chi connectivity index (χ2n) is 5.57. The molecule has 0 bridgehead atoms. The molecule has 0 amide bonds. The van der Waals surface area contributed by atoms with E-state index in [1.165, 1.54) is 10.9 Å². The summed E-state index contributed by atoms with van der Waals surface area (Å²) in [5.74, 6) is 0.892. The Morgan fingerprint density at radius 2 is 2.09 bits per heavy atom. The fourth-order valence-electron chi connectivity index (χ4n) is 2.66. The molecule has 1 aromatic rings. The molecule has 0 aromatic carbocycles. The fourth-order valence-corrected chi connectivity index (χ4v) is 2.66. The summed E-state index contributed by atoms with van der Waals surface area (Å²) in [6.45, 7) is 1.71. The second kappa shape index (κ2) is 6.01. The molecule has 2 aliphatic heterocycles. The van der Waals surface area contributed by atoms with E-state index in [1.54, 1.807) is 0 Å². The van der Waals surface area contributed by atoms with E-state index in [0.717, 1.165) is 19.0 Å². The zero-order chi connectivity index (χ0) is 15.7. The van der Waals surface area contributed by atoms with Gasteiger partial charge in [0.1, 0.15) is 12.6 Å². The Balaban J connectivity index is 1.81. The number of nitrogens with zero attached hydrogens (tertiary/aromatic N) is 6. The first-order chi connectivity index (χ1) is 10.6. The third-order valence-electron chi connectivity index (χ3n) is 3.97. The summed E-state index contributed by atoms with van der Waals surface area (Å²) in [5.41, 5.74) is -0.443. The van der Waals surface area contributed by atoms with Gasteiger partial charge in [0, 0.05) is 27.2 Å². The Bertz CT molecular complexity index is 618. The molecule has 0 spiro atoms. The standard InChI is InChI=1S/C13H20N6O3/c1-17-5-6-18(2)12(17)15-11-14-8-19(13(21)16-11)10-4-3-9(7-20)22-10/h8-10,20H,3-7H2,1-2H3/t9-,10+/m0/s1. The maximum Gasteiger partial charge on any atom is 0.354 e. The number of guanidine groups is 1. The second-order valence-corrected chi connectivity index (χ2v) is 5.57.